The van der Waals surface area contributed by atoms with E-state index in [2.05, 4.69) is 16.8 Å². The Kier molecular flexibility index (Phi) is 4.56. The molecule has 1 unspecified atom stereocenters. The summed E-state index contributed by atoms with van der Waals surface area (Å²) in [7, 11) is 4.08. The van der Waals surface area contributed by atoms with Crippen LogP contribution >= 0.6 is 0 Å². The van der Waals surface area contributed by atoms with Gasteiger partial charge >= 0.3 is 0 Å². The molecule has 0 N–H and O–H groups in total. The van der Waals surface area contributed by atoms with Crippen LogP contribution in [0.4, 0.5) is 0 Å². The number of Topliss-reactive ketones (excluding diaryl/α,β-unsaturated/α-hetero) is 1. The Labute approximate surface area is 115 Å². The standard InChI is InChI=1S/C15H22N2O2/c1-4-19-13-7-5-12(6-8-13)15(18)14-11-16(2)9-10-17(14)3/h5-8,14H,4,9-11H2,1-3H3. The van der Waals surface area contributed by atoms with Crippen molar-refractivity contribution in [3.8, 4) is 5.75 Å². The van der Waals surface area contributed by atoms with Crippen molar-refractivity contribution in [1.29, 1.82) is 0 Å². The maximum atomic E-state index is 12.5. The van der Waals surface area contributed by atoms with Crippen LogP contribution in [0, 0.1) is 0 Å². The Bertz CT molecular complexity index is 430. The largest absolute Gasteiger partial charge is 0.494 e. The number of rotatable bonds is 4. The molecular formula is C15H22N2O2. The highest BCUT2D eigenvalue weighted by atomic mass is 16.5. The molecule has 1 aliphatic rings. The predicted molar refractivity (Wildman–Crippen MR) is 75.9 cm³/mol. The van der Waals surface area contributed by atoms with Crippen molar-refractivity contribution >= 4 is 5.78 Å². The molecule has 0 radical (unpaired) electrons. The minimum absolute atomic E-state index is 0.0447. The minimum atomic E-state index is -0.0447. The number of carbonyl (C=O) groups excluding carboxylic acids is 1. The molecule has 0 amide bonds. The molecule has 2 rings (SSSR count). The first-order valence-electron chi connectivity index (χ1n) is 6.77. The van der Waals surface area contributed by atoms with E-state index < -0.39 is 0 Å². The van der Waals surface area contributed by atoms with Gasteiger partial charge in [-0.1, -0.05) is 0 Å². The average molecular weight is 262 g/mol. The van der Waals surface area contributed by atoms with E-state index in [9.17, 15) is 4.79 Å². The third kappa shape index (κ3) is 3.33. The maximum Gasteiger partial charge on any atom is 0.181 e. The Morgan fingerprint density at radius 3 is 2.58 bits per heavy atom. The van der Waals surface area contributed by atoms with Crippen LogP contribution in [0.15, 0.2) is 24.3 Å². The molecule has 0 saturated carbocycles. The summed E-state index contributed by atoms with van der Waals surface area (Å²) in [6.45, 7) is 5.34. The SMILES string of the molecule is CCOc1ccc(C(=O)C2CN(C)CCN2C)cc1. The molecule has 0 bridgehead atoms. The van der Waals surface area contributed by atoms with E-state index in [0.29, 0.717) is 6.61 Å². The normalized spacial score (nSPS) is 21.3. The smallest absolute Gasteiger partial charge is 0.181 e. The Morgan fingerprint density at radius 1 is 1.26 bits per heavy atom. The number of piperazine rings is 1. The lowest BCUT2D eigenvalue weighted by molar-refractivity contribution is 0.0686. The fourth-order valence-electron chi connectivity index (χ4n) is 2.37. The Morgan fingerprint density at radius 2 is 1.95 bits per heavy atom. The molecule has 0 spiro atoms. The quantitative estimate of drug-likeness (QED) is 0.770. The number of nitrogens with zero attached hydrogens (tertiary/aromatic N) is 2. The second kappa shape index (κ2) is 6.17. The van der Waals surface area contributed by atoms with Crippen molar-refractivity contribution in [2.75, 3.05) is 40.3 Å². The van der Waals surface area contributed by atoms with Gasteiger partial charge in [-0.25, -0.2) is 0 Å². The van der Waals surface area contributed by atoms with Gasteiger partial charge in [0.1, 0.15) is 5.75 Å². The fraction of sp³-hybridized carbons (Fsp3) is 0.533. The zero-order valence-electron chi connectivity index (χ0n) is 11.9. The van der Waals surface area contributed by atoms with Crippen LogP contribution in [0.25, 0.3) is 0 Å². The van der Waals surface area contributed by atoms with Crippen LogP contribution in [0.2, 0.25) is 0 Å². The topological polar surface area (TPSA) is 32.8 Å². The number of likely N-dealkylation sites (N-methyl/N-ethyl adjacent to an activating group) is 2. The number of ether oxygens (including phenoxy) is 1. The highest BCUT2D eigenvalue weighted by molar-refractivity contribution is 6.00. The maximum absolute atomic E-state index is 12.5. The second-order valence-electron chi connectivity index (χ2n) is 5.08. The molecule has 4 nitrogen and oxygen atoms in total. The molecule has 19 heavy (non-hydrogen) atoms. The first kappa shape index (κ1) is 14.0. The Balaban J connectivity index is 2.09. The van der Waals surface area contributed by atoms with Gasteiger partial charge in [0.2, 0.25) is 0 Å². The zero-order valence-corrected chi connectivity index (χ0v) is 11.9. The van der Waals surface area contributed by atoms with Gasteiger partial charge in [0, 0.05) is 25.2 Å². The van der Waals surface area contributed by atoms with Crippen molar-refractivity contribution in [3.05, 3.63) is 29.8 Å². The van der Waals surface area contributed by atoms with Crippen molar-refractivity contribution in [3.63, 3.8) is 0 Å². The van der Waals surface area contributed by atoms with Crippen molar-refractivity contribution in [1.82, 2.24) is 9.80 Å². The zero-order chi connectivity index (χ0) is 13.8. The van der Waals surface area contributed by atoms with Crippen molar-refractivity contribution in [2.45, 2.75) is 13.0 Å². The molecule has 4 heteroatoms. The summed E-state index contributed by atoms with van der Waals surface area (Å²) >= 11 is 0. The van der Waals surface area contributed by atoms with E-state index in [0.717, 1.165) is 30.9 Å². The summed E-state index contributed by atoms with van der Waals surface area (Å²) in [4.78, 5) is 16.9. The number of hydrogen-bond acceptors (Lipinski definition) is 4. The van der Waals surface area contributed by atoms with Gasteiger partial charge in [-0.05, 0) is 45.3 Å². The van der Waals surface area contributed by atoms with Crippen LogP contribution in [0.1, 0.15) is 17.3 Å². The van der Waals surface area contributed by atoms with E-state index in [-0.39, 0.29) is 11.8 Å². The monoisotopic (exact) mass is 262 g/mol. The lowest BCUT2D eigenvalue weighted by Gasteiger charge is -2.36. The van der Waals surface area contributed by atoms with Gasteiger partial charge < -0.3 is 9.64 Å². The first-order valence-corrected chi connectivity index (χ1v) is 6.77. The molecule has 1 aromatic rings. The van der Waals surface area contributed by atoms with E-state index in [1.54, 1.807) is 0 Å². The molecule has 1 aliphatic heterocycles. The third-order valence-electron chi connectivity index (χ3n) is 3.60. The van der Waals surface area contributed by atoms with Gasteiger partial charge in [-0.15, -0.1) is 0 Å². The van der Waals surface area contributed by atoms with Crippen LogP contribution in [-0.2, 0) is 0 Å². The van der Waals surface area contributed by atoms with Gasteiger partial charge in [0.25, 0.3) is 0 Å². The van der Waals surface area contributed by atoms with Crippen LogP contribution in [0.3, 0.4) is 0 Å². The van der Waals surface area contributed by atoms with Crippen molar-refractivity contribution in [2.24, 2.45) is 0 Å². The average Bonchev–Trinajstić information content (AvgIpc) is 2.42. The molecule has 1 saturated heterocycles. The first-order chi connectivity index (χ1) is 9.11. The summed E-state index contributed by atoms with van der Waals surface area (Å²) in [5.74, 6) is 1.00. The summed E-state index contributed by atoms with van der Waals surface area (Å²) in [6, 6.07) is 7.40. The third-order valence-corrected chi connectivity index (χ3v) is 3.60. The molecule has 1 heterocycles. The lowest BCUT2D eigenvalue weighted by atomic mass is 10.0. The summed E-state index contributed by atoms with van der Waals surface area (Å²) < 4.78 is 5.39. The summed E-state index contributed by atoms with van der Waals surface area (Å²) in [5, 5.41) is 0. The van der Waals surface area contributed by atoms with Crippen LogP contribution in [-0.4, -0.2) is 62.0 Å². The molecule has 1 fully saturated rings. The second-order valence-corrected chi connectivity index (χ2v) is 5.08. The molecule has 0 aliphatic carbocycles. The molecule has 1 aromatic carbocycles. The molecule has 0 aromatic heterocycles. The van der Waals surface area contributed by atoms with E-state index in [1.807, 2.05) is 38.2 Å². The number of ketones is 1. The van der Waals surface area contributed by atoms with Crippen molar-refractivity contribution < 1.29 is 9.53 Å². The summed E-state index contributed by atoms with van der Waals surface area (Å²) in [6.07, 6.45) is 0. The minimum Gasteiger partial charge on any atom is -0.494 e. The summed E-state index contributed by atoms with van der Waals surface area (Å²) in [5.41, 5.74) is 0.760. The number of hydrogen-bond donors (Lipinski definition) is 0. The highest BCUT2D eigenvalue weighted by Crippen LogP contribution is 2.16. The van der Waals surface area contributed by atoms with Gasteiger partial charge in [0.15, 0.2) is 5.78 Å². The fourth-order valence-corrected chi connectivity index (χ4v) is 2.37. The van der Waals surface area contributed by atoms with E-state index in [1.165, 1.54) is 0 Å². The molecule has 104 valence electrons. The van der Waals surface area contributed by atoms with Crippen LogP contribution in [0.5, 0.6) is 5.75 Å². The van der Waals surface area contributed by atoms with E-state index in [4.69, 9.17) is 4.74 Å². The van der Waals surface area contributed by atoms with Crippen LogP contribution < -0.4 is 4.74 Å². The predicted octanol–water partition coefficient (Wildman–Crippen LogP) is 1.51. The molecular weight excluding hydrogens is 240 g/mol. The van der Waals surface area contributed by atoms with Gasteiger partial charge in [-0.3, -0.25) is 9.69 Å². The molecule has 1 atom stereocenters. The lowest BCUT2D eigenvalue weighted by Crippen LogP contribution is -2.53. The number of benzene rings is 1. The Hall–Kier alpha value is -1.39. The highest BCUT2D eigenvalue weighted by Gasteiger charge is 2.28. The van der Waals surface area contributed by atoms with Gasteiger partial charge in [-0.2, -0.15) is 0 Å². The van der Waals surface area contributed by atoms with E-state index >= 15 is 0 Å². The number of carbonyl (C=O) groups is 1. The van der Waals surface area contributed by atoms with Gasteiger partial charge in [0.05, 0.1) is 12.6 Å².